The Morgan fingerprint density at radius 3 is 2.57 bits per heavy atom. The van der Waals surface area contributed by atoms with Crippen LogP contribution in [0.3, 0.4) is 0 Å². The van der Waals surface area contributed by atoms with E-state index in [1.54, 1.807) is 31.1 Å². The highest BCUT2D eigenvalue weighted by Gasteiger charge is 2.24. The van der Waals surface area contributed by atoms with Gasteiger partial charge in [0.1, 0.15) is 4.95 Å². The summed E-state index contributed by atoms with van der Waals surface area (Å²) < 4.78 is 31.6. The summed E-state index contributed by atoms with van der Waals surface area (Å²) in [7, 11) is -0.640. The van der Waals surface area contributed by atoms with Gasteiger partial charge in [0, 0.05) is 20.3 Å². The first kappa shape index (κ1) is 11.5. The predicted octanol–water partition coefficient (Wildman–Crippen LogP) is 0.785. The van der Waals surface area contributed by atoms with Gasteiger partial charge in [-0.15, -0.1) is 0 Å². The molecule has 0 aromatic rings. The van der Waals surface area contributed by atoms with Crippen LogP contribution in [0.15, 0.2) is 24.0 Å². The van der Waals surface area contributed by atoms with Crippen molar-refractivity contribution >= 4 is 26.2 Å². The number of likely N-dealkylation sites (N-methyl/N-ethyl adjacent to an activating group) is 1. The lowest BCUT2D eigenvalue weighted by Gasteiger charge is -2.26. The first-order valence-electron chi connectivity index (χ1n) is 3.80. The van der Waals surface area contributed by atoms with Gasteiger partial charge in [-0.3, -0.25) is 4.55 Å². The van der Waals surface area contributed by atoms with Crippen molar-refractivity contribution in [2.75, 3.05) is 14.1 Å². The molecule has 1 unspecified atom stereocenters. The number of nitrogens with zero attached hydrogens (tertiary/aromatic N) is 2. The van der Waals surface area contributed by atoms with E-state index in [9.17, 15) is 8.42 Å². The third-order valence-corrected chi connectivity index (χ3v) is 3.59. The van der Waals surface area contributed by atoms with Crippen LogP contribution >= 0.6 is 15.9 Å². The van der Waals surface area contributed by atoms with Gasteiger partial charge in [0.2, 0.25) is 0 Å². The molecule has 0 spiro atoms. The summed E-state index contributed by atoms with van der Waals surface area (Å²) in [6.45, 7) is 0. The van der Waals surface area contributed by atoms with E-state index in [1.807, 2.05) is 0 Å². The van der Waals surface area contributed by atoms with E-state index in [4.69, 9.17) is 4.55 Å². The number of halogens is 1. The third-order valence-electron chi connectivity index (χ3n) is 1.71. The molecule has 80 valence electrons. The van der Waals surface area contributed by atoms with Crippen molar-refractivity contribution < 1.29 is 13.0 Å². The summed E-state index contributed by atoms with van der Waals surface area (Å²) in [6, 6.07) is 0. The second-order valence-electron chi connectivity index (χ2n) is 2.99. The molecule has 1 aliphatic rings. The fraction of sp³-hybridized carbons (Fsp3) is 0.429. The average Bonchev–Trinajstić information content (AvgIpc) is 2.02. The van der Waals surface area contributed by atoms with Crippen LogP contribution in [0.5, 0.6) is 0 Å². The van der Waals surface area contributed by atoms with Crippen LogP contribution in [0.4, 0.5) is 0 Å². The van der Waals surface area contributed by atoms with Gasteiger partial charge >= 0.3 is 10.3 Å². The Morgan fingerprint density at radius 2 is 2.14 bits per heavy atom. The van der Waals surface area contributed by atoms with Gasteiger partial charge < -0.3 is 4.90 Å². The second kappa shape index (κ2) is 3.92. The Balaban J connectivity index is 3.03. The molecule has 0 bridgehead atoms. The molecular weight excluding hydrogens is 272 g/mol. The van der Waals surface area contributed by atoms with Crippen LogP contribution in [0.1, 0.15) is 0 Å². The van der Waals surface area contributed by atoms with Crippen LogP contribution in [-0.2, 0) is 10.3 Å². The zero-order valence-corrected chi connectivity index (χ0v) is 10.2. The number of rotatable bonds is 2. The molecule has 1 heterocycles. The fourth-order valence-corrected chi connectivity index (χ4v) is 2.44. The Kier molecular flexibility index (Phi) is 3.23. The van der Waals surface area contributed by atoms with Crippen molar-refractivity contribution in [1.29, 1.82) is 0 Å². The Bertz CT molecular complexity index is 374. The van der Waals surface area contributed by atoms with Crippen LogP contribution in [0.25, 0.3) is 0 Å². The Hall–Kier alpha value is -0.530. The van der Waals surface area contributed by atoms with Crippen LogP contribution in [-0.4, -0.2) is 41.2 Å². The Morgan fingerprint density at radius 1 is 1.57 bits per heavy atom. The van der Waals surface area contributed by atoms with E-state index in [-0.39, 0.29) is 0 Å². The standard InChI is InChI=1S/C7H11BrN2O3S/c1-9(2)6-3-4-7(8)10(5-6)14(11,12)13/h3-5,7H,1-2H3,(H,11,12,13). The first-order valence-corrected chi connectivity index (χ1v) is 6.11. The average molecular weight is 283 g/mol. The molecule has 5 nitrogen and oxygen atoms in total. The molecule has 1 rings (SSSR count). The SMILES string of the molecule is CN(C)C1=CN(S(=O)(=O)O)C(Br)C=C1. The van der Waals surface area contributed by atoms with E-state index in [2.05, 4.69) is 15.9 Å². The molecule has 14 heavy (non-hydrogen) atoms. The van der Waals surface area contributed by atoms with E-state index >= 15 is 0 Å². The summed E-state index contributed by atoms with van der Waals surface area (Å²) >= 11 is 3.10. The summed E-state index contributed by atoms with van der Waals surface area (Å²) in [5, 5.41) is 0. The molecule has 1 aliphatic heterocycles. The molecule has 0 aliphatic carbocycles. The number of alkyl halides is 1. The summed E-state index contributed by atoms with van der Waals surface area (Å²) in [5.41, 5.74) is 0.693. The Labute approximate surface area is 91.7 Å². The maximum atomic E-state index is 10.9. The number of allylic oxidation sites excluding steroid dienone is 1. The summed E-state index contributed by atoms with van der Waals surface area (Å²) in [6.07, 6.45) is 4.75. The monoisotopic (exact) mass is 282 g/mol. The smallest absolute Gasteiger partial charge is 0.360 e. The van der Waals surface area contributed by atoms with Gasteiger partial charge in [-0.25, -0.2) is 4.31 Å². The van der Waals surface area contributed by atoms with Gasteiger partial charge in [0.05, 0.1) is 5.70 Å². The number of hydrogen-bond acceptors (Lipinski definition) is 3. The quantitative estimate of drug-likeness (QED) is 0.462. The third kappa shape index (κ3) is 2.49. The van der Waals surface area contributed by atoms with Crippen LogP contribution in [0, 0.1) is 0 Å². The molecule has 7 heteroatoms. The minimum Gasteiger partial charge on any atom is -0.376 e. The van der Waals surface area contributed by atoms with E-state index < -0.39 is 15.3 Å². The largest absolute Gasteiger partial charge is 0.376 e. The molecule has 0 saturated heterocycles. The van der Waals surface area contributed by atoms with E-state index in [1.165, 1.54) is 6.20 Å². The van der Waals surface area contributed by atoms with Crippen molar-refractivity contribution in [2.45, 2.75) is 4.95 Å². The highest BCUT2D eigenvalue weighted by atomic mass is 79.9. The second-order valence-corrected chi connectivity index (χ2v) is 5.24. The molecule has 0 radical (unpaired) electrons. The maximum Gasteiger partial charge on any atom is 0.360 e. The molecule has 0 fully saturated rings. The lowest BCUT2D eigenvalue weighted by atomic mass is 10.3. The minimum absolute atomic E-state index is 0.541. The van der Waals surface area contributed by atoms with Crippen molar-refractivity contribution in [3.05, 3.63) is 24.0 Å². The normalized spacial score (nSPS) is 22.1. The van der Waals surface area contributed by atoms with Crippen molar-refractivity contribution in [3.8, 4) is 0 Å². The van der Waals surface area contributed by atoms with E-state index in [0.717, 1.165) is 4.31 Å². The van der Waals surface area contributed by atoms with Crippen molar-refractivity contribution in [1.82, 2.24) is 9.21 Å². The molecule has 1 N–H and O–H groups in total. The molecule has 0 saturated carbocycles. The maximum absolute atomic E-state index is 10.9. The van der Waals surface area contributed by atoms with Crippen molar-refractivity contribution in [2.24, 2.45) is 0 Å². The highest BCUT2D eigenvalue weighted by Crippen LogP contribution is 2.21. The van der Waals surface area contributed by atoms with Crippen molar-refractivity contribution in [3.63, 3.8) is 0 Å². The van der Waals surface area contributed by atoms with Gasteiger partial charge in [-0.2, -0.15) is 8.42 Å². The summed E-state index contributed by atoms with van der Waals surface area (Å²) in [5.74, 6) is 0. The summed E-state index contributed by atoms with van der Waals surface area (Å²) in [4.78, 5) is 1.20. The van der Waals surface area contributed by atoms with E-state index in [0.29, 0.717) is 5.70 Å². The molecule has 0 aromatic heterocycles. The zero-order valence-electron chi connectivity index (χ0n) is 7.75. The van der Waals surface area contributed by atoms with Crippen LogP contribution in [0.2, 0.25) is 0 Å². The number of hydrogen-bond donors (Lipinski definition) is 1. The lowest BCUT2D eigenvalue weighted by Crippen LogP contribution is -2.34. The van der Waals surface area contributed by atoms with Gasteiger partial charge in [-0.1, -0.05) is 15.9 Å². The minimum atomic E-state index is -4.21. The van der Waals surface area contributed by atoms with Gasteiger partial charge in [0.15, 0.2) is 0 Å². The molecular formula is C7H11BrN2O3S. The lowest BCUT2D eigenvalue weighted by molar-refractivity contribution is 0.401. The molecule has 0 aromatic carbocycles. The predicted molar refractivity (Wildman–Crippen MR) is 57.0 cm³/mol. The first-order chi connectivity index (χ1) is 6.32. The van der Waals surface area contributed by atoms with Crippen LogP contribution < -0.4 is 0 Å². The van der Waals surface area contributed by atoms with Gasteiger partial charge in [-0.05, 0) is 12.2 Å². The molecule has 0 amide bonds. The fourth-order valence-electron chi connectivity index (χ4n) is 0.966. The van der Waals surface area contributed by atoms with Gasteiger partial charge in [0.25, 0.3) is 0 Å². The highest BCUT2D eigenvalue weighted by molar-refractivity contribution is 9.09. The topological polar surface area (TPSA) is 60.9 Å². The zero-order chi connectivity index (χ0) is 10.9. The molecule has 1 atom stereocenters.